The first-order chi connectivity index (χ1) is 13.9. The maximum atomic E-state index is 12.7. The maximum Gasteiger partial charge on any atom is 0.293 e. The summed E-state index contributed by atoms with van der Waals surface area (Å²) in [6, 6.07) is 16.3. The van der Waals surface area contributed by atoms with Crippen molar-refractivity contribution in [3.05, 3.63) is 85.3 Å². The van der Waals surface area contributed by atoms with Gasteiger partial charge in [-0.15, -0.1) is 0 Å². The number of imide groups is 1. The van der Waals surface area contributed by atoms with E-state index >= 15 is 0 Å². The van der Waals surface area contributed by atoms with E-state index in [0.717, 1.165) is 26.7 Å². The van der Waals surface area contributed by atoms with E-state index in [4.69, 9.17) is 27.6 Å². The summed E-state index contributed by atoms with van der Waals surface area (Å²) in [5, 5.41) is 0.438. The first-order valence-electron chi connectivity index (χ1n) is 8.46. The number of rotatable bonds is 4. The molecule has 2 amide bonds. The molecule has 1 aromatic heterocycles. The fourth-order valence-electron chi connectivity index (χ4n) is 2.81. The van der Waals surface area contributed by atoms with Crippen LogP contribution in [0.3, 0.4) is 0 Å². The number of nitrogens with zero attached hydrogens (tertiary/aromatic N) is 1. The first-order valence-corrected chi connectivity index (χ1v) is 10.8. The van der Waals surface area contributed by atoms with Crippen LogP contribution in [0.1, 0.15) is 11.3 Å². The van der Waals surface area contributed by atoms with Gasteiger partial charge in [0.15, 0.2) is 0 Å². The van der Waals surface area contributed by atoms with Crippen molar-refractivity contribution in [2.24, 2.45) is 0 Å². The van der Waals surface area contributed by atoms with Gasteiger partial charge in [0.05, 0.1) is 11.4 Å². The van der Waals surface area contributed by atoms with E-state index in [9.17, 15) is 9.59 Å². The van der Waals surface area contributed by atoms with E-state index in [-0.39, 0.29) is 16.7 Å². The largest absolute Gasteiger partial charge is 0.457 e. The van der Waals surface area contributed by atoms with E-state index in [1.54, 1.807) is 30.3 Å². The van der Waals surface area contributed by atoms with E-state index in [1.165, 1.54) is 0 Å². The van der Waals surface area contributed by atoms with E-state index < -0.39 is 5.91 Å². The maximum absolute atomic E-state index is 12.7. The molecule has 0 aliphatic carbocycles. The fourth-order valence-corrected chi connectivity index (χ4v) is 4.41. The molecule has 146 valence electrons. The van der Waals surface area contributed by atoms with E-state index in [1.807, 2.05) is 30.3 Å². The number of furan rings is 1. The van der Waals surface area contributed by atoms with E-state index in [2.05, 4.69) is 15.9 Å². The lowest BCUT2D eigenvalue weighted by Crippen LogP contribution is -2.27. The van der Waals surface area contributed by atoms with E-state index in [0.29, 0.717) is 27.1 Å². The van der Waals surface area contributed by atoms with Gasteiger partial charge in [0.2, 0.25) is 0 Å². The smallest absolute Gasteiger partial charge is 0.293 e. The summed E-state index contributed by atoms with van der Waals surface area (Å²) in [6.07, 6.45) is 1.57. The number of hydrogen-bond donors (Lipinski definition) is 0. The standard InChI is InChI=1S/C21H12BrCl2NO3S/c22-13-6-4-12(5-7-13)18-9-8-14(28-18)10-19-20(26)25(21(27)29-19)11-15-16(23)2-1-3-17(15)24/h1-10H,11H2/b19-10+. The van der Waals surface area contributed by atoms with Gasteiger partial charge in [-0.3, -0.25) is 14.5 Å². The van der Waals surface area contributed by atoms with Crippen molar-refractivity contribution in [2.45, 2.75) is 6.54 Å². The fraction of sp³-hybridized carbons (Fsp3) is 0.0476. The molecule has 1 fully saturated rings. The van der Waals surface area contributed by atoms with Crippen molar-refractivity contribution < 1.29 is 14.0 Å². The zero-order valence-electron chi connectivity index (χ0n) is 14.7. The monoisotopic (exact) mass is 507 g/mol. The van der Waals surface area contributed by atoms with Crippen LogP contribution in [0.2, 0.25) is 10.0 Å². The molecule has 2 aromatic carbocycles. The van der Waals surface area contributed by atoms with Crippen molar-refractivity contribution in [3.63, 3.8) is 0 Å². The Kier molecular flexibility index (Phi) is 5.88. The second-order valence-electron chi connectivity index (χ2n) is 6.18. The third-order valence-electron chi connectivity index (χ3n) is 4.28. The number of carbonyl (C=O) groups excluding carboxylic acids is 2. The van der Waals surface area contributed by atoms with Crippen molar-refractivity contribution in [3.8, 4) is 11.3 Å². The number of hydrogen-bond acceptors (Lipinski definition) is 4. The number of thioether (sulfide) groups is 1. The first kappa shape index (κ1) is 20.3. The van der Waals surface area contributed by atoms with Crippen molar-refractivity contribution in [1.29, 1.82) is 0 Å². The number of carbonyl (C=O) groups is 2. The minimum atomic E-state index is -0.405. The molecular weight excluding hydrogens is 497 g/mol. The zero-order valence-corrected chi connectivity index (χ0v) is 18.6. The highest BCUT2D eigenvalue weighted by Crippen LogP contribution is 2.36. The Morgan fingerprint density at radius 2 is 1.69 bits per heavy atom. The van der Waals surface area contributed by atoms with Gasteiger partial charge in [0, 0.05) is 31.7 Å². The Labute approximate surface area is 189 Å². The van der Waals surface area contributed by atoms with Crippen LogP contribution in [0.25, 0.3) is 17.4 Å². The Morgan fingerprint density at radius 3 is 2.38 bits per heavy atom. The molecule has 1 aliphatic heterocycles. The molecule has 2 heterocycles. The molecular formula is C21H12BrCl2NO3S. The second kappa shape index (κ2) is 8.40. The molecule has 0 bridgehead atoms. The summed E-state index contributed by atoms with van der Waals surface area (Å²) in [6.45, 7) is 0.0167. The number of halogens is 3. The molecule has 4 nitrogen and oxygen atoms in total. The lowest BCUT2D eigenvalue weighted by Gasteiger charge is -2.14. The normalized spacial score (nSPS) is 15.6. The minimum absolute atomic E-state index is 0.0167. The molecule has 0 radical (unpaired) electrons. The average Bonchev–Trinajstić information content (AvgIpc) is 3.25. The highest BCUT2D eigenvalue weighted by Gasteiger charge is 2.36. The van der Waals surface area contributed by atoms with Gasteiger partial charge in [-0.25, -0.2) is 0 Å². The van der Waals surface area contributed by atoms with Crippen LogP contribution in [0.4, 0.5) is 4.79 Å². The zero-order chi connectivity index (χ0) is 20.5. The van der Waals surface area contributed by atoms with Crippen LogP contribution >= 0.6 is 50.9 Å². The van der Waals surface area contributed by atoms with Gasteiger partial charge < -0.3 is 4.42 Å². The minimum Gasteiger partial charge on any atom is -0.457 e. The molecule has 4 rings (SSSR count). The SMILES string of the molecule is O=C1S/C(=C/c2ccc(-c3ccc(Br)cc3)o2)C(=O)N1Cc1c(Cl)cccc1Cl. The molecule has 1 saturated heterocycles. The summed E-state index contributed by atoms with van der Waals surface area (Å²) in [5.41, 5.74) is 1.45. The van der Waals surface area contributed by atoms with Gasteiger partial charge in [-0.1, -0.05) is 57.3 Å². The third kappa shape index (κ3) is 4.31. The summed E-state index contributed by atoms with van der Waals surface area (Å²) in [7, 11) is 0. The van der Waals surface area contributed by atoms with Gasteiger partial charge in [0.1, 0.15) is 11.5 Å². The predicted octanol–water partition coefficient (Wildman–Crippen LogP) is 7.25. The highest BCUT2D eigenvalue weighted by atomic mass is 79.9. The highest BCUT2D eigenvalue weighted by molar-refractivity contribution is 9.10. The average molecular weight is 509 g/mol. The summed E-state index contributed by atoms with van der Waals surface area (Å²) in [4.78, 5) is 26.5. The Hall–Kier alpha value is -1.99. The second-order valence-corrected chi connectivity index (χ2v) is 8.90. The third-order valence-corrected chi connectivity index (χ3v) is 6.42. The molecule has 0 N–H and O–H groups in total. The summed E-state index contributed by atoms with van der Waals surface area (Å²) < 4.78 is 6.79. The Balaban J connectivity index is 1.56. The molecule has 3 aromatic rings. The lowest BCUT2D eigenvalue weighted by molar-refractivity contribution is -0.123. The molecule has 8 heteroatoms. The Bertz CT molecular complexity index is 1120. The summed E-state index contributed by atoms with van der Waals surface area (Å²) in [5.74, 6) is 0.757. The van der Waals surface area contributed by atoms with Gasteiger partial charge in [-0.05, 0) is 48.2 Å². The molecule has 0 atom stereocenters. The topological polar surface area (TPSA) is 50.5 Å². The van der Waals surface area contributed by atoms with Gasteiger partial charge in [-0.2, -0.15) is 0 Å². The summed E-state index contributed by atoms with van der Waals surface area (Å²) >= 11 is 16.6. The van der Waals surface area contributed by atoms with Crippen LogP contribution in [0, 0.1) is 0 Å². The van der Waals surface area contributed by atoms with Crippen LogP contribution in [-0.2, 0) is 11.3 Å². The van der Waals surface area contributed by atoms with Crippen LogP contribution < -0.4 is 0 Å². The number of amides is 2. The van der Waals surface area contributed by atoms with Gasteiger partial charge in [0.25, 0.3) is 11.1 Å². The Morgan fingerprint density at radius 1 is 1.00 bits per heavy atom. The molecule has 0 spiro atoms. The van der Waals surface area contributed by atoms with Crippen LogP contribution in [-0.4, -0.2) is 16.0 Å². The molecule has 0 unspecified atom stereocenters. The van der Waals surface area contributed by atoms with Crippen LogP contribution in [0.15, 0.2) is 68.4 Å². The molecule has 1 aliphatic rings. The van der Waals surface area contributed by atoms with Crippen molar-refractivity contribution in [1.82, 2.24) is 4.90 Å². The molecule has 29 heavy (non-hydrogen) atoms. The van der Waals surface area contributed by atoms with Gasteiger partial charge >= 0.3 is 0 Å². The quantitative estimate of drug-likeness (QED) is 0.348. The predicted molar refractivity (Wildman–Crippen MR) is 120 cm³/mol. The lowest BCUT2D eigenvalue weighted by atomic mass is 10.2. The molecule has 0 saturated carbocycles. The number of benzene rings is 2. The van der Waals surface area contributed by atoms with Crippen molar-refractivity contribution in [2.75, 3.05) is 0 Å². The van der Waals surface area contributed by atoms with Crippen molar-refractivity contribution >= 4 is 68.1 Å². The van der Waals surface area contributed by atoms with Crippen LogP contribution in [0.5, 0.6) is 0 Å².